The number of fused-ring (bicyclic) bond motifs is 5. The molecule has 0 radical (unpaired) electrons. The number of rotatable bonds is 22. The molecule has 20 heteroatoms. The average molecular weight is 1030 g/mol. The maximum Gasteiger partial charge on any atom is 0.343 e. The van der Waals surface area contributed by atoms with Gasteiger partial charge in [-0.2, -0.15) is 0 Å². The molecule has 1 aliphatic carbocycles. The van der Waals surface area contributed by atoms with Crippen LogP contribution in [0.25, 0.3) is 22.3 Å². The predicted molar refractivity (Wildman–Crippen MR) is 256 cm³/mol. The molecule has 6 N–H and O–H groups in total. The van der Waals surface area contributed by atoms with Crippen molar-refractivity contribution in [3.05, 3.63) is 97.6 Å². The number of ketones is 2. The molecule has 18 nitrogen and oxygen atoms in total. The Labute approximate surface area is 410 Å². The summed E-state index contributed by atoms with van der Waals surface area (Å²) in [7, 11) is 0. The van der Waals surface area contributed by atoms with Gasteiger partial charge in [0, 0.05) is 74.2 Å². The van der Waals surface area contributed by atoms with Crippen LogP contribution in [0.4, 0.5) is 4.39 Å². The van der Waals surface area contributed by atoms with Crippen molar-refractivity contribution >= 4 is 73.9 Å². The smallest absolute Gasteiger partial charge is 0.343 e. The summed E-state index contributed by atoms with van der Waals surface area (Å²) in [6.45, 7) is 3.05. The highest BCUT2D eigenvalue weighted by molar-refractivity contribution is 9.09. The molecule has 2 aromatic heterocycles. The van der Waals surface area contributed by atoms with Crippen LogP contribution in [0, 0.1) is 12.7 Å². The maximum atomic E-state index is 15.4. The topological polar surface area (TPSA) is 261 Å². The zero-order valence-corrected chi connectivity index (χ0v) is 40.5. The van der Waals surface area contributed by atoms with E-state index >= 15 is 4.39 Å². The van der Waals surface area contributed by atoms with Gasteiger partial charge in [0.2, 0.25) is 29.5 Å². The van der Waals surface area contributed by atoms with Gasteiger partial charge in [0.05, 0.1) is 53.0 Å². The van der Waals surface area contributed by atoms with Crippen LogP contribution in [0.2, 0.25) is 0 Å². The van der Waals surface area contributed by atoms with Gasteiger partial charge in [-0.15, -0.1) is 0 Å². The van der Waals surface area contributed by atoms with Gasteiger partial charge in [-0.3, -0.25) is 38.4 Å². The number of aromatic nitrogens is 2. The van der Waals surface area contributed by atoms with Crippen LogP contribution in [-0.2, 0) is 74.7 Å². The Hall–Kier alpha value is -6.67. The Bertz CT molecular complexity index is 2840. The van der Waals surface area contributed by atoms with E-state index in [1.165, 1.54) is 10.6 Å². The first kappa shape index (κ1) is 51.2. The van der Waals surface area contributed by atoms with Gasteiger partial charge >= 0.3 is 5.97 Å². The molecule has 0 spiro atoms. The zero-order valence-electron chi connectivity index (χ0n) is 38.9. The Kier molecular flexibility index (Phi) is 16.4. The molecule has 3 atom stereocenters. The summed E-state index contributed by atoms with van der Waals surface area (Å²) >= 11 is 3.01. The monoisotopic (exact) mass is 1030 g/mol. The number of cyclic esters (lactones) is 1. The lowest BCUT2D eigenvalue weighted by atomic mass is 9.81. The Balaban J connectivity index is 0.926. The number of hydrogen-bond acceptors (Lipinski definition) is 12. The van der Waals surface area contributed by atoms with E-state index < -0.39 is 58.5 Å². The lowest BCUT2D eigenvalue weighted by Crippen LogP contribution is -2.44. The highest BCUT2D eigenvalue weighted by atomic mass is 79.9. The van der Waals surface area contributed by atoms with Gasteiger partial charge in [0.15, 0.2) is 17.2 Å². The van der Waals surface area contributed by atoms with Gasteiger partial charge in [0.25, 0.3) is 5.56 Å². The van der Waals surface area contributed by atoms with Crippen molar-refractivity contribution < 1.29 is 52.6 Å². The number of amides is 5. The van der Waals surface area contributed by atoms with E-state index in [2.05, 4.69) is 42.5 Å². The standard InChI is InChI=1S/C50H55BrFN7O11/c1-3-50(69)33-21-38-47-31(25-59(38)48(67)32(33)26-70-49(50)68)46-35(13-12-30-27(2)34(52)22-37(58-47)45(30)46)56-42(64)10-7-18-53-40(62)16-14-39(61)36(20-28-8-5-4-6-9-28)57-43(65)15-11-29(60)24-55-41(63)17-19-54-44(66)23-51/h4-6,8-9,21-22,35-36,69H,3,7,10-20,23-26H2,1-2H3,(H,53,62)(H,54,66)(H,55,63)(H,56,64)(H,57,65)/t35-,36-,50-/m0/s1. The van der Waals surface area contributed by atoms with E-state index in [9.17, 15) is 48.3 Å². The first-order chi connectivity index (χ1) is 33.5. The number of ether oxygens (including phenoxy) is 1. The fourth-order valence-corrected chi connectivity index (χ4v) is 9.49. The van der Waals surface area contributed by atoms with Gasteiger partial charge in [0.1, 0.15) is 12.4 Å². The number of hydrogen-bond donors (Lipinski definition) is 6. The van der Waals surface area contributed by atoms with Crippen molar-refractivity contribution in [2.75, 3.05) is 25.0 Å². The van der Waals surface area contributed by atoms with E-state index in [0.717, 1.165) is 16.7 Å². The molecule has 0 bridgehead atoms. The molecule has 0 unspecified atom stereocenters. The van der Waals surface area contributed by atoms with Crippen molar-refractivity contribution in [2.24, 2.45) is 0 Å². The molecule has 4 heterocycles. The molecule has 370 valence electrons. The molecule has 7 rings (SSSR count). The highest BCUT2D eigenvalue weighted by Crippen LogP contribution is 2.46. The second-order valence-corrected chi connectivity index (χ2v) is 18.3. The third kappa shape index (κ3) is 11.3. The third-order valence-electron chi connectivity index (χ3n) is 13.1. The van der Waals surface area contributed by atoms with Gasteiger partial charge in [-0.1, -0.05) is 53.2 Å². The number of pyridine rings is 2. The summed E-state index contributed by atoms with van der Waals surface area (Å²) in [5.74, 6) is -4.07. The lowest BCUT2D eigenvalue weighted by molar-refractivity contribution is -0.172. The highest BCUT2D eigenvalue weighted by Gasteiger charge is 2.46. The second-order valence-electron chi connectivity index (χ2n) is 17.7. The fraction of sp³-hybridized carbons (Fsp3) is 0.440. The summed E-state index contributed by atoms with van der Waals surface area (Å²) in [4.78, 5) is 120. The minimum atomic E-state index is -2.03. The fourth-order valence-electron chi connectivity index (χ4n) is 9.29. The first-order valence-electron chi connectivity index (χ1n) is 23.4. The molecule has 2 aliphatic heterocycles. The predicted octanol–water partition coefficient (Wildman–Crippen LogP) is 2.97. The summed E-state index contributed by atoms with van der Waals surface area (Å²) in [6.07, 6.45) is 0.519. The molecular weight excluding hydrogens is 973 g/mol. The molecule has 0 saturated heterocycles. The number of aryl methyl sites for hydroxylation is 1. The van der Waals surface area contributed by atoms with Crippen LogP contribution in [0.15, 0.2) is 47.3 Å². The van der Waals surface area contributed by atoms with E-state index in [1.54, 1.807) is 44.2 Å². The van der Waals surface area contributed by atoms with Crippen molar-refractivity contribution in [1.82, 2.24) is 36.1 Å². The molecule has 70 heavy (non-hydrogen) atoms. The van der Waals surface area contributed by atoms with E-state index in [-0.39, 0.29) is 125 Å². The van der Waals surface area contributed by atoms with E-state index in [1.807, 2.05) is 6.07 Å². The molecule has 2 aromatic carbocycles. The van der Waals surface area contributed by atoms with Crippen LogP contribution in [0.1, 0.15) is 110 Å². The van der Waals surface area contributed by atoms with Crippen LogP contribution < -0.4 is 32.1 Å². The number of Topliss-reactive ketones (excluding diaryl/α,β-unsaturated/α-hetero) is 2. The minimum absolute atomic E-state index is 0.0204. The van der Waals surface area contributed by atoms with Crippen molar-refractivity contribution in [3.63, 3.8) is 0 Å². The number of carbonyl (C=O) groups is 8. The van der Waals surface area contributed by atoms with Crippen LogP contribution >= 0.6 is 15.9 Å². The molecule has 0 fully saturated rings. The summed E-state index contributed by atoms with van der Waals surface area (Å²) < 4.78 is 22.1. The largest absolute Gasteiger partial charge is 0.458 e. The average Bonchev–Trinajstić information content (AvgIpc) is 3.72. The number of nitrogens with one attached hydrogen (secondary N) is 5. The number of alkyl halides is 1. The molecule has 4 aromatic rings. The van der Waals surface area contributed by atoms with Crippen LogP contribution in [0.5, 0.6) is 0 Å². The number of nitrogens with zero attached hydrogens (tertiary/aromatic N) is 2. The second kappa shape index (κ2) is 22.4. The normalized spacial score (nSPS) is 16.8. The number of esters is 1. The van der Waals surface area contributed by atoms with Crippen LogP contribution in [-0.4, -0.2) is 92.7 Å². The van der Waals surface area contributed by atoms with Gasteiger partial charge < -0.3 is 41.0 Å². The molecule has 0 saturated carbocycles. The van der Waals surface area contributed by atoms with Crippen molar-refractivity contribution in [2.45, 2.75) is 115 Å². The van der Waals surface area contributed by atoms with E-state index in [0.29, 0.717) is 46.3 Å². The zero-order chi connectivity index (χ0) is 50.3. The summed E-state index contributed by atoms with van der Waals surface area (Å²) in [5.41, 5.74) is 2.34. The van der Waals surface area contributed by atoms with E-state index in [4.69, 9.17) is 9.72 Å². The number of carbonyl (C=O) groups excluding carboxylic acids is 8. The summed E-state index contributed by atoms with van der Waals surface area (Å²) in [6, 6.07) is 10.4. The lowest BCUT2D eigenvalue weighted by Gasteiger charge is -2.31. The van der Waals surface area contributed by atoms with Crippen LogP contribution in [0.3, 0.4) is 0 Å². The molecule has 5 amide bonds. The molecular formula is C50H55BrFN7O11. The summed E-state index contributed by atoms with van der Waals surface area (Å²) in [5, 5.41) is 25.7. The van der Waals surface area contributed by atoms with Crippen molar-refractivity contribution in [1.29, 1.82) is 0 Å². The maximum absolute atomic E-state index is 15.4. The number of benzene rings is 2. The Morgan fingerprint density at radius 2 is 1.61 bits per heavy atom. The van der Waals surface area contributed by atoms with Gasteiger partial charge in [-0.05, 0) is 67.3 Å². The Morgan fingerprint density at radius 3 is 2.36 bits per heavy atom. The number of aliphatic hydroxyl groups is 1. The minimum Gasteiger partial charge on any atom is -0.458 e. The first-order valence-corrected chi connectivity index (χ1v) is 24.5. The third-order valence-corrected chi connectivity index (χ3v) is 13.6. The Morgan fingerprint density at radius 1 is 0.886 bits per heavy atom. The van der Waals surface area contributed by atoms with Crippen molar-refractivity contribution in [3.8, 4) is 11.4 Å². The quantitative estimate of drug-likeness (QED) is 0.0332. The molecule has 3 aliphatic rings. The number of halogens is 2. The van der Waals surface area contributed by atoms with Gasteiger partial charge in [-0.25, -0.2) is 14.2 Å². The SMILES string of the molecule is CC[C@@]1(O)C(=O)OCc2c1cc1n(c2=O)Cc2c-1nc1cc(F)c(C)c3c1c2[C@@H](NC(=O)CCCNC(=O)CCC(=O)[C@H](Cc1ccccc1)NC(=O)CCC(=O)CNC(=O)CCNC(=O)CBr)CC3.